The molecule has 0 fully saturated rings. The van der Waals surface area contributed by atoms with Crippen molar-refractivity contribution < 1.29 is 4.79 Å². The summed E-state index contributed by atoms with van der Waals surface area (Å²) in [4.78, 5) is 31.2. The maximum atomic E-state index is 11.8. The van der Waals surface area contributed by atoms with E-state index >= 15 is 0 Å². The van der Waals surface area contributed by atoms with E-state index in [1.165, 1.54) is 10.6 Å². The van der Waals surface area contributed by atoms with Crippen molar-refractivity contribution >= 4 is 11.9 Å². The molecule has 0 spiro atoms. The van der Waals surface area contributed by atoms with Crippen molar-refractivity contribution in [1.82, 2.24) is 19.9 Å². The number of nitrogens with one attached hydrogen (secondary N) is 2. The van der Waals surface area contributed by atoms with Gasteiger partial charge in [0, 0.05) is 50.4 Å². The molecule has 7 heteroatoms. The standard InChI is InChI=1S/C13H15N5O2/c1-18-8-3-10(9-11(18)19)12(20)14-6-7-17-13-15-4-2-5-16-13/h2-5,8-9H,6-7H2,1H3,(H,14,20)(H,15,16,17). The molecule has 2 aromatic heterocycles. The minimum atomic E-state index is -0.279. The lowest BCUT2D eigenvalue weighted by Crippen LogP contribution is -2.30. The van der Waals surface area contributed by atoms with E-state index in [0.717, 1.165) is 0 Å². The predicted octanol–water partition coefficient (Wildman–Crippen LogP) is 0.0172. The molecule has 0 atom stereocenters. The van der Waals surface area contributed by atoms with Gasteiger partial charge in [0.05, 0.1) is 0 Å². The Hall–Kier alpha value is -2.70. The molecule has 2 heterocycles. The normalized spacial score (nSPS) is 10.1. The van der Waals surface area contributed by atoms with Gasteiger partial charge in [-0.25, -0.2) is 9.97 Å². The molecule has 0 aliphatic carbocycles. The van der Waals surface area contributed by atoms with E-state index in [0.29, 0.717) is 24.6 Å². The van der Waals surface area contributed by atoms with Crippen molar-refractivity contribution in [2.45, 2.75) is 0 Å². The minimum absolute atomic E-state index is 0.214. The molecule has 2 aromatic rings. The number of carbonyl (C=O) groups excluding carboxylic acids is 1. The quantitative estimate of drug-likeness (QED) is 0.750. The summed E-state index contributed by atoms with van der Waals surface area (Å²) >= 11 is 0. The minimum Gasteiger partial charge on any atom is -0.352 e. The zero-order valence-corrected chi connectivity index (χ0v) is 11.0. The summed E-state index contributed by atoms with van der Waals surface area (Å²) in [6.07, 6.45) is 4.83. The summed E-state index contributed by atoms with van der Waals surface area (Å²) in [6.45, 7) is 0.910. The number of hydrogen-bond donors (Lipinski definition) is 2. The smallest absolute Gasteiger partial charge is 0.251 e. The van der Waals surface area contributed by atoms with Crippen LogP contribution < -0.4 is 16.2 Å². The molecule has 7 nitrogen and oxygen atoms in total. The van der Waals surface area contributed by atoms with Crippen molar-refractivity contribution in [2.24, 2.45) is 7.05 Å². The van der Waals surface area contributed by atoms with Gasteiger partial charge in [0.1, 0.15) is 0 Å². The van der Waals surface area contributed by atoms with Crippen LogP contribution in [0.25, 0.3) is 0 Å². The molecular weight excluding hydrogens is 258 g/mol. The van der Waals surface area contributed by atoms with Crippen molar-refractivity contribution in [3.8, 4) is 0 Å². The van der Waals surface area contributed by atoms with Crippen molar-refractivity contribution in [3.05, 3.63) is 52.7 Å². The molecule has 0 bridgehead atoms. The number of hydrogen-bond acceptors (Lipinski definition) is 5. The summed E-state index contributed by atoms with van der Waals surface area (Å²) in [5.74, 6) is 0.230. The fourth-order valence-electron chi connectivity index (χ4n) is 1.53. The van der Waals surface area contributed by atoms with Crippen molar-refractivity contribution in [2.75, 3.05) is 18.4 Å². The van der Waals surface area contributed by atoms with Gasteiger partial charge in [-0.2, -0.15) is 0 Å². The maximum absolute atomic E-state index is 11.8. The fraction of sp³-hybridized carbons (Fsp3) is 0.231. The first-order valence-electron chi connectivity index (χ1n) is 6.12. The first kappa shape index (κ1) is 13.7. The second kappa shape index (κ2) is 6.46. The van der Waals surface area contributed by atoms with Gasteiger partial charge < -0.3 is 15.2 Å². The topological polar surface area (TPSA) is 88.9 Å². The Morgan fingerprint density at radius 3 is 2.75 bits per heavy atom. The Balaban J connectivity index is 1.80. The average Bonchev–Trinajstić information content (AvgIpc) is 2.47. The summed E-state index contributed by atoms with van der Waals surface area (Å²) < 4.78 is 1.41. The van der Waals surface area contributed by atoms with Crippen LogP contribution in [-0.4, -0.2) is 33.5 Å². The van der Waals surface area contributed by atoms with Gasteiger partial charge in [0.25, 0.3) is 11.5 Å². The van der Waals surface area contributed by atoms with Gasteiger partial charge in [0.15, 0.2) is 0 Å². The van der Waals surface area contributed by atoms with Gasteiger partial charge in [0.2, 0.25) is 5.95 Å². The second-order valence-corrected chi connectivity index (χ2v) is 4.12. The number of carbonyl (C=O) groups is 1. The number of aromatic nitrogens is 3. The highest BCUT2D eigenvalue weighted by Crippen LogP contribution is 1.94. The number of pyridine rings is 1. The maximum Gasteiger partial charge on any atom is 0.251 e. The summed E-state index contributed by atoms with van der Waals surface area (Å²) in [7, 11) is 1.63. The van der Waals surface area contributed by atoms with Gasteiger partial charge in [-0.15, -0.1) is 0 Å². The Kier molecular flexibility index (Phi) is 4.43. The first-order chi connectivity index (χ1) is 9.66. The molecule has 0 unspecified atom stereocenters. The van der Waals surface area contributed by atoms with E-state index in [1.54, 1.807) is 37.8 Å². The van der Waals surface area contributed by atoms with Crippen LogP contribution >= 0.6 is 0 Å². The van der Waals surface area contributed by atoms with E-state index in [9.17, 15) is 9.59 Å². The number of nitrogens with zero attached hydrogens (tertiary/aromatic N) is 3. The number of aryl methyl sites for hydroxylation is 1. The molecule has 0 aromatic carbocycles. The largest absolute Gasteiger partial charge is 0.352 e. The van der Waals surface area contributed by atoms with E-state index in [1.807, 2.05) is 0 Å². The third kappa shape index (κ3) is 3.64. The number of amides is 1. The Morgan fingerprint density at radius 1 is 1.30 bits per heavy atom. The first-order valence-corrected chi connectivity index (χ1v) is 6.12. The van der Waals surface area contributed by atoms with Crippen molar-refractivity contribution in [3.63, 3.8) is 0 Å². The van der Waals surface area contributed by atoms with Crippen molar-refractivity contribution in [1.29, 1.82) is 0 Å². The SMILES string of the molecule is Cn1ccc(C(=O)NCCNc2ncccn2)cc1=O. The summed E-state index contributed by atoms with van der Waals surface area (Å²) in [5, 5.41) is 5.68. The number of rotatable bonds is 5. The molecule has 1 amide bonds. The number of anilines is 1. The molecule has 2 rings (SSSR count). The lowest BCUT2D eigenvalue weighted by molar-refractivity contribution is 0.0955. The highest BCUT2D eigenvalue weighted by molar-refractivity contribution is 5.93. The van der Waals surface area contributed by atoms with E-state index < -0.39 is 0 Å². The lowest BCUT2D eigenvalue weighted by Gasteiger charge is -2.07. The Bertz CT molecular complexity index is 639. The van der Waals surface area contributed by atoms with Crippen LogP contribution in [0, 0.1) is 0 Å². The Morgan fingerprint density at radius 2 is 2.05 bits per heavy atom. The van der Waals surface area contributed by atoms with Gasteiger partial charge >= 0.3 is 0 Å². The molecule has 0 aliphatic rings. The van der Waals surface area contributed by atoms with Crippen LogP contribution in [0.2, 0.25) is 0 Å². The average molecular weight is 273 g/mol. The molecule has 2 N–H and O–H groups in total. The molecule has 20 heavy (non-hydrogen) atoms. The second-order valence-electron chi connectivity index (χ2n) is 4.12. The monoisotopic (exact) mass is 273 g/mol. The Labute approximate surface area is 115 Å². The van der Waals surface area contributed by atoms with E-state index in [-0.39, 0.29) is 11.5 Å². The zero-order valence-electron chi connectivity index (χ0n) is 11.0. The fourth-order valence-corrected chi connectivity index (χ4v) is 1.53. The molecule has 0 saturated heterocycles. The third-order valence-corrected chi connectivity index (χ3v) is 2.63. The van der Waals surface area contributed by atoms with E-state index in [4.69, 9.17) is 0 Å². The van der Waals surface area contributed by atoms with Crippen LogP contribution in [0.15, 0.2) is 41.6 Å². The molecule has 104 valence electrons. The molecule has 0 aliphatic heterocycles. The molecule has 0 radical (unpaired) electrons. The zero-order chi connectivity index (χ0) is 14.4. The third-order valence-electron chi connectivity index (χ3n) is 2.63. The van der Waals surface area contributed by atoms with Crippen LogP contribution in [0.4, 0.5) is 5.95 Å². The van der Waals surface area contributed by atoms with Crippen LogP contribution in [0.5, 0.6) is 0 Å². The molecule has 0 saturated carbocycles. The van der Waals surface area contributed by atoms with Gasteiger partial charge in [-0.1, -0.05) is 0 Å². The highest BCUT2D eigenvalue weighted by atomic mass is 16.2. The van der Waals surface area contributed by atoms with Gasteiger partial charge in [-0.05, 0) is 12.1 Å². The molecular formula is C13H15N5O2. The predicted molar refractivity (Wildman–Crippen MR) is 74.5 cm³/mol. The van der Waals surface area contributed by atoms with Crippen LogP contribution in [0.3, 0.4) is 0 Å². The van der Waals surface area contributed by atoms with Crippen LogP contribution in [-0.2, 0) is 7.05 Å². The lowest BCUT2D eigenvalue weighted by atomic mass is 10.2. The van der Waals surface area contributed by atoms with Crippen LogP contribution in [0.1, 0.15) is 10.4 Å². The van der Waals surface area contributed by atoms with E-state index in [2.05, 4.69) is 20.6 Å². The highest BCUT2D eigenvalue weighted by Gasteiger charge is 2.05. The summed E-state index contributed by atoms with van der Waals surface area (Å²) in [5.41, 5.74) is 0.137. The van der Waals surface area contributed by atoms with Gasteiger partial charge in [-0.3, -0.25) is 9.59 Å². The summed E-state index contributed by atoms with van der Waals surface area (Å²) in [6, 6.07) is 4.64.